The second kappa shape index (κ2) is 5.52. The van der Waals surface area contributed by atoms with Crippen LogP contribution in [0.15, 0.2) is 41.3 Å². The van der Waals surface area contributed by atoms with Gasteiger partial charge in [-0.15, -0.1) is 0 Å². The van der Waals surface area contributed by atoms with Crippen LogP contribution in [-0.2, 0) is 10.0 Å². The van der Waals surface area contributed by atoms with Crippen LogP contribution in [0.1, 0.15) is 5.56 Å². The minimum Gasteiger partial charge on any atom is -0.504 e. The third-order valence-corrected chi connectivity index (χ3v) is 4.96. The molecule has 4 nitrogen and oxygen atoms in total. The highest BCUT2D eigenvalue weighted by molar-refractivity contribution is 7.92. The van der Waals surface area contributed by atoms with Crippen molar-refractivity contribution in [1.82, 2.24) is 0 Å². The molecule has 0 amide bonds. The van der Waals surface area contributed by atoms with E-state index in [0.29, 0.717) is 5.56 Å². The van der Waals surface area contributed by atoms with E-state index in [9.17, 15) is 13.5 Å². The van der Waals surface area contributed by atoms with Crippen LogP contribution in [-0.4, -0.2) is 13.5 Å². The molecule has 2 aromatic rings. The van der Waals surface area contributed by atoms with E-state index in [1.54, 1.807) is 25.1 Å². The van der Waals surface area contributed by atoms with Crippen LogP contribution in [0.4, 0.5) is 5.69 Å². The molecule has 2 aromatic carbocycles. The van der Waals surface area contributed by atoms with E-state index in [-0.39, 0.29) is 26.4 Å². The van der Waals surface area contributed by atoms with Gasteiger partial charge in [-0.1, -0.05) is 41.4 Å². The summed E-state index contributed by atoms with van der Waals surface area (Å²) in [6.07, 6.45) is 0. The maximum absolute atomic E-state index is 12.2. The number of hydrogen-bond acceptors (Lipinski definition) is 3. The molecule has 2 N–H and O–H groups in total. The van der Waals surface area contributed by atoms with Gasteiger partial charge in [0.2, 0.25) is 0 Å². The first-order valence-corrected chi connectivity index (χ1v) is 7.82. The average Bonchev–Trinajstić information content (AvgIpc) is 2.43. The number of nitrogens with one attached hydrogen (secondary N) is 1. The molecule has 0 aliphatic carbocycles. The van der Waals surface area contributed by atoms with Crippen LogP contribution in [0, 0.1) is 6.92 Å². The molecular formula is C13H11Cl2NO3S. The zero-order chi connectivity index (χ0) is 14.9. The normalized spacial score (nSPS) is 11.3. The summed E-state index contributed by atoms with van der Waals surface area (Å²) in [6, 6.07) is 9.11. The van der Waals surface area contributed by atoms with Crippen molar-refractivity contribution in [3.63, 3.8) is 0 Å². The first kappa shape index (κ1) is 15.0. The van der Waals surface area contributed by atoms with Crippen LogP contribution >= 0.6 is 23.2 Å². The quantitative estimate of drug-likeness (QED) is 0.840. The summed E-state index contributed by atoms with van der Waals surface area (Å²) in [7, 11) is -3.81. The molecule has 0 unspecified atom stereocenters. The minimum atomic E-state index is -3.81. The van der Waals surface area contributed by atoms with E-state index in [1.165, 1.54) is 18.2 Å². The van der Waals surface area contributed by atoms with Crippen LogP contribution in [0.5, 0.6) is 5.75 Å². The van der Waals surface area contributed by atoms with Crippen molar-refractivity contribution >= 4 is 38.9 Å². The first-order valence-electron chi connectivity index (χ1n) is 5.58. The van der Waals surface area contributed by atoms with Crippen molar-refractivity contribution in [3.8, 4) is 5.75 Å². The molecule has 0 spiro atoms. The Kier molecular flexibility index (Phi) is 4.13. The molecule has 106 valence electrons. The van der Waals surface area contributed by atoms with E-state index in [1.807, 2.05) is 0 Å². The Balaban J connectivity index is 2.46. The Morgan fingerprint density at radius 2 is 1.75 bits per heavy atom. The zero-order valence-corrected chi connectivity index (χ0v) is 12.7. The number of phenols is 1. The van der Waals surface area contributed by atoms with Crippen molar-refractivity contribution in [2.24, 2.45) is 0 Å². The number of phenolic OH excluding ortho intramolecular Hbond substituents is 1. The second-order valence-corrected chi connectivity index (χ2v) is 6.58. The highest BCUT2D eigenvalue weighted by atomic mass is 35.5. The molecule has 0 heterocycles. The highest BCUT2D eigenvalue weighted by Gasteiger charge is 2.19. The smallest absolute Gasteiger partial charge is 0.262 e. The molecular weight excluding hydrogens is 321 g/mol. The van der Waals surface area contributed by atoms with E-state index in [0.717, 1.165) is 0 Å². The predicted molar refractivity (Wildman–Crippen MR) is 80.1 cm³/mol. The topological polar surface area (TPSA) is 66.4 Å². The van der Waals surface area contributed by atoms with Gasteiger partial charge in [-0.05, 0) is 30.7 Å². The Hall–Kier alpha value is -1.43. The summed E-state index contributed by atoms with van der Waals surface area (Å²) in [5, 5.41) is 10.2. The van der Waals surface area contributed by atoms with E-state index >= 15 is 0 Å². The van der Waals surface area contributed by atoms with Crippen molar-refractivity contribution in [2.45, 2.75) is 11.8 Å². The molecule has 0 aromatic heterocycles. The molecule has 0 saturated carbocycles. The van der Waals surface area contributed by atoms with Gasteiger partial charge in [0.05, 0.1) is 15.6 Å². The van der Waals surface area contributed by atoms with Gasteiger partial charge in [0.15, 0.2) is 5.75 Å². The lowest BCUT2D eigenvalue weighted by Gasteiger charge is -2.12. The summed E-state index contributed by atoms with van der Waals surface area (Å²) >= 11 is 11.8. The standard InChI is InChI=1S/C13H11Cl2NO3S/c1-8-10(14)7-11(13(17)12(8)15)16-20(18,19)9-5-3-2-4-6-9/h2-7,16-17H,1H3. The molecule has 7 heteroatoms. The highest BCUT2D eigenvalue weighted by Crippen LogP contribution is 2.39. The third kappa shape index (κ3) is 2.85. The summed E-state index contributed by atoms with van der Waals surface area (Å²) in [4.78, 5) is 0.0761. The number of benzene rings is 2. The lowest BCUT2D eigenvalue weighted by molar-refractivity contribution is 0.477. The molecule has 0 aliphatic rings. The van der Waals surface area contributed by atoms with Gasteiger partial charge in [0, 0.05) is 5.02 Å². The maximum atomic E-state index is 12.2. The fourth-order valence-electron chi connectivity index (χ4n) is 1.59. The second-order valence-electron chi connectivity index (χ2n) is 4.11. The van der Waals surface area contributed by atoms with Gasteiger partial charge < -0.3 is 5.11 Å². The fraction of sp³-hybridized carbons (Fsp3) is 0.0769. The van der Waals surface area contributed by atoms with Crippen molar-refractivity contribution in [2.75, 3.05) is 4.72 Å². The van der Waals surface area contributed by atoms with E-state index in [2.05, 4.69) is 4.72 Å². The van der Waals surface area contributed by atoms with Crippen molar-refractivity contribution < 1.29 is 13.5 Å². The molecule has 20 heavy (non-hydrogen) atoms. The average molecular weight is 332 g/mol. The number of halogens is 2. The monoisotopic (exact) mass is 331 g/mol. The number of aromatic hydroxyl groups is 1. The summed E-state index contributed by atoms with van der Waals surface area (Å²) in [5.74, 6) is -0.354. The molecule has 0 bridgehead atoms. The van der Waals surface area contributed by atoms with Crippen LogP contribution in [0.2, 0.25) is 10.0 Å². The van der Waals surface area contributed by atoms with Gasteiger partial charge in [-0.3, -0.25) is 4.72 Å². The van der Waals surface area contributed by atoms with Crippen molar-refractivity contribution in [3.05, 3.63) is 52.0 Å². The molecule has 0 saturated heterocycles. The Morgan fingerprint density at radius 3 is 2.35 bits per heavy atom. The third-order valence-electron chi connectivity index (χ3n) is 2.72. The van der Waals surface area contributed by atoms with Crippen LogP contribution in [0.25, 0.3) is 0 Å². The van der Waals surface area contributed by atoms with E-state index < -0.39 is 10.0 Å². The summed E-state index contributed by atoms with van der Waals surface area (Å²) in [5.41, 5.74) is 0.419. The van der Waals surface area contributed by atoms with E-state index in [4.69, 9.17) is 23.2 Å². The molecule has 0 aliphatic heterocycles. The van der Waals surface area contributed by atoms with Crippen LogP contribution in [0.3, 0.4) is 0 Å². The van der Waals surface area contributed by atoms with Crippen LogP contribution < -0.4 is 4.72 Å². The first-order chi connectivity index (χ1) is 9.33. The lowest BCUT2D eigenvalue weighted by Crippen LogP contribution is -2.13. The van der Waals surface area contributed by atoms with Crippen molar-refractivity contribution in [1.29, 1.82) is 0 Å². The van der Waals surface area contributed by atoms with Gasteiger partial charge in [-0.25, -0.2) is 8.42 Å². The number of rotatable bonds is 3. The fourth-order valence-corrected chi connectivity index (χ4v) is 3.12. The molecule has 2 rings (SSSR count). The van der Waals surface area contributed by atoms with Gasteiger partial charge in [0.1, 0.15) is 0 Å². The lowest BCUT2D eigenvalue weighted by atomic mass is 10.2. The maximum Gasteiger partial charge on any atom is 0.262 e. The molecule has 0 radical (unpaired) electrons. The number of anilines is 1. The number of hydrogen-bond donors (Lipinski definition) is 2. The Labute approximate surface area is 127 Å². The Bertz CT molecular complexity index is 746. The zero-order valence-electron chi connectivity index (χ0n) is 10.4. The Morgan fingerprint density at radius 1 is 1.15 bits per heavy atom. The summed E-state index contributed by atoms with van der Waals surface area (Å²) in [6.45, 7) is 1.62. The SMILES string of the molecule is Cc1c(Cl)cc(NS(=O)(=O)c2ccccc2)c(O)c1Cl. The molecule has 0 fully saturated rings. The molecule has 0 atom stereocenters. The summed E-state index contributed by atoms with van der Waals surface area (Å²) < 4.78 is 26.6. The van der Waals surface area contributed by atoms with Gasteiger partial charge in [0.25, 0.3) is 10.0 Å². The predicted octanol–water partition coefficient (Wildman–Crippen LogP) is 3.81. The van der Waals surface area contributed by atoms with Gasteiger partial charge in [-0.2, -0.15) is 0 Å². The van der Waals surface area contributed by atoms with Gasteiger partial charge >= 0.3 is 0 Å². The number of sulfonamides is 1. The largest absolute Gasteiger partial charge is 0.504 e. The minimum absolute atomic E-state index is 0.0169.